The lowest BCUT2D eigenvalue weighted by Crippen LogP contribution is -2.22. The van der Waals surface area contributed by atoms with Gasteiger partial charge in [-0.2, -0.15) is 10.2 Å². The Balaban J connectivity index is 1.73. The summed E-state index contributed by atoms with van der Waals surface area (Å²) in [5, 5.41) is 15.6. The van der Waals surface area contributed by atoms with E-state index in [1.54, 1.807) is 10.8 Å². The van der Waals surface area contributed by atoms with E-state index in [0.717, 1.165) is 46.0 Å². The Morgan fingerprint density at radius 1 is 1.10 bits per heavy atom. The Labute approximate surface area is 170 Å². The molecule has 4 aromatic heterocycles. The van der Waals surface area contributed by atoms with Gasteiger partial charge in [0.2, 0.25) is 0 Å². The number of aromatic nitrogens is 6. The summed E-state index contributed by atoms with van der Waals surface area (Å²) in [6.45, 7) is 11.5. The van der Waals surface area contributed by atoms with E-state index >= 15 is 0 Å². The van der Waals surface area contributed by atoms with Crippen LogP contribution in [0.2, 0.25) is 0 Å². The summed E-state index contributed by atoms with van der Waals surface area (Å²) in [7, 11) is 0. The molecule has 0 amide bonds. The number of nitrogens with zero attached hydrogens (tertiary/aromatic N) is 5. The van der Waals surface area contributed by atoms with Gasteiger partial charge in [0.25, 0.3) is 0 Å². The summed E-state index contributed by atoms with van der Waals surface area (Å²) in [6, 6.07) is 6.74. The highest BCUT2D eigenvalue weighted by molar-refractivity contribution is 5.75. The standard InChI is InChI=1S/C22H27N7/c1-13(2)19-20(16-6-7-18(24-9-16)10-23-14(3)4)27-28-21(19)17-8-15(5)22-25-12-26-29(22)11-17/h6-9,11-14,23H,10H2,1-5H3,(H,27,28). The van der Waals surface area contributed by atoms with E-state index in [-0.39, 0.29) is 0 Å². The number of H-pyrrole nitrogens is 1. The molecule has 7 heteroatoms. The van der Waals surface area contributed by atoms with E-state index in [2.05, 4.69) is 76.5 Å². The number of nitrogens with one attached hydrogen (secondary N) is 2. The zero-order valence-electron chi connectivity index (χ0n) is 17.6. The molecule has 0 fully saturated rings. The van der Waals surface area contributed by atoms with Gasteiger partial charge < -0.3 is 5.32 Å². The second-order valence-electron chi connectivity index (χ2n) is 8.03. The molecule has 4 rings (SSSR count). The third-order valence-electron chi connectivity index (χ3n) is 5.02. The van der Waals surface area contributed by atoms with Crippen molar-refractivity contribution in [2.24, 2.45) is 0 Å². The van der Waals surface area contributed by atoms with Gasteiger partial charge in [0.1, 0.15) is 6.33 Å². The van der Waals surface area contributed by atoms with Crippen LogP contribution in [0.15, 0.2) is 36.9 Å². The first-order valence-electron chi connectivity index (χ1n) is 10.0. The summed E-state index contributed by atoms with van der Waals surface area (Å²) in [5.74, 6) is 0.299. The summed E-state index contributed by atoms with van der Waals surface area (Å²) in [5.41, 5.74) is 8.17. The fourth-order valence-corrected chi connectivity index (χ4v) is 3.56. The Morgan fingerprint density at radius 3 is 2.62 bits per heavy atom. The second-order valence-corrected chi connectivity index (χ2v) is 8.03. The van der Waals surface area contributed by atoms with Crippen LogP contribution in [0.4, 0.5) is 0 Å². The third-order valence-corrected chi connectivity index (χ3v) is 5.02. The number of aryl methyl sites for hydroxylation is 1. The highest BCUT2D eigenvalue weighted by Gasteiger charge is 2.20. The lowest BCUT2D eigenvalue weighted by atomic mass is 9.94. The summed E-state index contributed by atoms with van der Waals surface area (Å²) >= 11 is 0. The number of rotatable bonds is 6. The molecule has 0 aliphatic heterocycles. The number of pyridine rings is 2. The number of hydrogen-bond donors (Lipinski definition) is 2. The summed E-state index contributed by atoms with van der Waals surface area (Å²) < 4.78 is 1.81. The fourth-order valence-electron chi connectivity index (χ4n) is 3.56. The van der Waals surface area contributed by atoms with E-state index in [4.69, 9.17) is 0 Å². The molecule has 2 N–H and O–H groups in total. The molecule has 0 aliphatic carbocycles. The van der Waals surface area contributed by atoms with Gasteiger partial charge in [0, 0.05) is 41.7 Å². The zero-order valence-corrected chi connectivity index (χ0v) is 17.6. The van der Waals surface area contributed by atoms with Crippen LogP contribution in [-0.4, -0.2) is 35.8 Å². The molecule has 0 radical (unpaired) electrons. The monoisotopic (exact) mass is 389 g/mol. The van der Waals surface area contributed by atoms with Crippen LogP contribution < -0.4 is 5.32 Å². The van der Waals surface area contributed by atoms with Crippen molar-refractivity contribution in [1.29, 1.82) is 0 Å². The van der Waals surface area contributed by atoms with E-state index in [1.807, 2.05) is 19.3 Å². The van der Waals surface area contributed by atoms with Crippen molar-refractivity contribution in [3.05, 3.63) is 53.7 Å². The quantitative estimate of drug-likeness (QED) is 0.518. The topological polar surface area (TPSA) is 83.8 Å². The van der Waals surface area contributed by atoms with E-state index in [1.165, 1.54) is 5.56 Å². The largest absolute Gasteiger partial charge is 0.309 e. The van der Waals surface area contributed by atoms with Crippen molar-refractivity contribution < 1.29 is 0 Å². The Hall–Kier alpha value is -3.06. The lowest BCUT2D eigenvalue weighted by Gasteiger charge is -2.11. The van der Waals surface area contributed by atoms with Gasteiger partial charge in [-0.15, -0.1) is 0 Å². The molecule has 0 aliphatic rings. The van der Waals surface area contributed by atoms with Crippen molar-refractivity contribution in [1.82, 2.24) is 35.1 Å². The van der Waals surface area contributed by atoms with Gasteiger partial charge in [-0.25, -0.2) is 9.50 Å². The van der Waals surface area contributed by atoms with Crippen LogP contribution in [0, 0.1) is 6.92 Å². The third kappa shape index (κ3) is 3.78. The van der Waals surface area contributed by atoms with Crippen LogP contribution in [0.5, 0.6) is 0 Å². The summed E-state index contributed by atoms with van der Waals surface area (Å²) in [6.07, 6.45) is 5.49. The minimum Gasteiger partial charge on any atom is -0.309 e. The number of fused-ring (bicyclic) bond motifs is 1. The van der Waals surface area contributed by atoms with E-state index in [9.17, 15) is 0 Å². The van der Waals surface area contributed by atoms with Crippen molar-refractivity contribution in [3.63, 3.8) is 0 Å². The highest BCUT2D eigenvalue weighted by atomic mass is 15.3. The van der Waals surface area contributed by atoms with Crippen molar-refractivity contribution in [2.75, 3.05) is 0 Å². The summed E-state index contributed by atoms with van der Waals surface area (Å²) in [4.78, 5) is 8.93. The maximum absolute atomic E-state index is 4.67. The number of hydrogen-bond acceptors (Lipinski definition) is 5. The van der Waals surface area contributed by atoms with Gasteiger partial charge >= 0.3 is 0 Å². The maximum Gasteiger partial charge on any atom is 0.158 e. The Morgan fingerprint density at radius 2 is 1.93 bits per heavy atom. The molecular weight excluding hydrogens is 362 g/mol. The predicted octanol–water partition coefficient (Wildman–Crippen LogP) is 4.11. The Kier molecular flexibility index (Phi) is 5.15. The molecule has 0 spiro atoms. The van der Waals surface area contributed by atoms with Gasteiger partial charge in [-0.05, 0) is 36.6 Å². The minimum absolute atomic E-state index is 0.299. The zero-order chi connectivity index (χ0) is 20.5. The number of aromatic amines is 1. The predicted molar refractivity (Wildman–Crippen MR) is 115 cm³/mol. The normalized spacial score (nSPS) is 11.8. The van der Waals surface area contributed by atoms with Crippen molar-refractivity contribution in [2.45, 2.75) is 53.1 Å². The first-order valence-corrected chi connectivity index (χ1v) is 10.0. The molecular formula is C22H27N7. The molecule has 0 bridgehead atoms. The lowest BCUT2D eigenvalue weighted by molar-refractivity contribution is 0.581. The maximum atomic E-state index is 4.67. The molecule has 0 unspecified atom stereocenters. The molecule has 0 saturated heterocycles. The van der Waals surface area contributed by atoms with Gasteiger partial charge in [-0.1, -0.05) is 27.7 Å². The van der Waals surface area contributed by atoms with E-state index in [0.29, 0.717) is 12.0 Å². The molecule has 4 aromatic rings. The average molecular weight is 390 g/mol. The fraction of sp³-hybridized carbons (Fsp3) is 0.364. The first-order chi connectivity index (χ1) is 13.9. The molecule has 0 saturated carbocycles. The molecule has 150 valence electrons. The molecule has 4 heterocycles. The molecule has 0 atom stereocenters. The van der Waals surface area contributed by atoms with Gasteiger partial charge in [0.05, 0.1) is 17.1 Å². The molecule has 7 nitrogen and oxygen atoms in total. The van der Waals surface area contributed by atoms with Crippen LogP contribution >= 0.6 is 0 Å². The minimum atomic E-state index is 0.299. The van der Waals surface area contributed by atoms with Gasteiger partial charge in [0.15, 0.2) is 5.65 Å². The molecule has 29 heavy (non-hydrogen) atoms. The van der Waals surface area contributed by atoms with Crippen molar-refractivity contribution in [3.8, 4) is 22.5 Å². The smallest absolute Gasteiger partial charge is 0.158 e. The average Bonchev–Trinajstić information content (AvgIpc) is 3.34. The van der Waals surface area contributed by atoms with Crippen LogP contribution in [0.3, 0.4) is 0 Å². The second kappa shape index (κ2) is 7.75. The van der Waals surface area contributed by atoms with E-state index < -0.39 is 0 Å². The highest BCUT2D eigenvalue weighted by Crippen LogP contribution is 2.35. The SMILES string of the molecule is Cc1cc(-c2n[nH]c(-c3ccc(CNC(C)C)nc3)c2C(C)C)cn2ncnc12. The van der Waals surface area contributed by atoms with Crippen molar-refractivity contribution >= 4 is 5.65 Å². The van der Waals surface area contributed by atoms with Crippen LogP contribution in [0.25, 0.3) is 28.2 Å². The molecule has 0 aromatic carbocycles. The van der Waals surface area contributed by atoms with Crippen LogP contribution in [-0.2, 0) is 6.54 Å². The Bertz CT molecular complexity index is 1120. The van der Waals surface area contributed by atoms with Gasteiger partial charge in [-0.3, -0.25) is 10.1 Å². The van der Waals surface area contributed by atoms with Crippen LogP contribution in [0.1, 0.15) is 50.4 Å². The first kappa shape index (κ1) is 19.3.